The summed E-state index contributed by atoms with van der Waals surface area (Å²) in [6, 6.07) is 5.95. The lowest BCUT2D eigenvalue weighted by Crippen LogP contribution is -2.35. The normalized spacial score (nSPS) is 15.5. The number of morpholine rings is 1. The number of carboxylic acids is 1. The van der Waals surface area contributed by atoms with Gasteiger partial charge in [-0.15, -0.1) is 0 Å². The zero-order valence-electron chi connectivity index (χ0n) is 13.5. The molecule has 2 aromatic heterocycles. The van der Waals surface area contributed by atoms with Gasteiger partial charge < -0.3 is 14.3 Å². The highest BCUT2D eigenvalue weighted by atomic mass is 19.4. The Bertz CT molecular complexity index is 690. The summed E-state index contributed by atoms with van der Waals surface area (Å²) < 4.78 is 42.6. The molecule has 0 amide bonds. The average Bonchev–Trinajstić information content (AvgIpc) is 3.17. The number of carbonyl (C=O) groups is 1. The van der Waals surface area contributed by atoms with Crippen LogP contribution < -0.4 is 0 Å². The van der Waals surface area contributed by atoms with Gasteiger partial charge in [0, 0.05) is 25.3 Å². The predicted molar refractivity (Wildman–Crippen MR) is 80.8 cm³/mol. The van der Waals surface area contributed by atoms with Crippen LogP contribution in [0.4, 0.5) is 13.2 Å². The Hall–Kier alpha value is -2.33. The Labute approximate surface area is 141 Å². The van der Waals surface area contributed by atoms with E-state index in [2.05, 4.69) is 15.1 Å². The quantitative estimate of drug-likeness (QED) is 0.873. The fourth-order valence-electron chi connectivity index (χ4n) is 2.14. The first-order valence-electron chi connectivity index (χ1n) is 7.47. The molecule has 2 N–H and O–H groups in total. The lowest BCUT2D eigenvalue weighted by atomic mass is 10.3. The number of furan rings is 1. The van der Waals surface area contributed by atoms with Crippen molar-refractivity contribution in [1.82, 2.24) is 15.1 Å². The molecule has 0 radical (unpaired) electrons. The largest absolute Gasteiger partial charge is 0.490 e. The third-order valence-corrected chi connectivity index (χ3v) is 3.36. The fraction of sp³-hybridized carbons (Fsp3) is 0.467. The molecular formula is C15H18F3N3O4. The molecule has 0 saturated carbocycles. The van der Waals surface area contributed by atoms with E-state index in [9.17, 15) is 13.2 Å². The maximum atomic E-state index is 10.6. The summed E-state index contributed by atoms with van der Waals surface area (Å²) in [5, 5.41) is 14.5. The summed E-state index contributed by atoms with van der Waals surface area (Å²) in [6.07, 6.45) is -5.08. The number of aryl methyl sites for hydroxylation is 1. The molecule has 138 valence electrons. The minimum Gasteiger partial charge on any atom is -0.475 e. The second-order valence-corrected chi connectivity index (χ2v) is 5.38. The maximum absolute atomic E-state index is 10.6. The van der Waals surface area contributed by atoms with Crippen LogP contribution in [0.25, 0.3) is 11.5 Å². The van der Waals surface area contributed by atoms with Crippen LogP contribution in [0.3, 0.4) is 0 Å². The van der Waals surface area contributed by atoms with Gasteiger partial charge in [-0.2, -0.15) is 18.3 Å². The molecule has 1 aliphatic heterocycles. The zero-order valence-corrected chi connectivity index (χ0v) is 13.5. The van der Waals surface area contributed by atoms with Crippen molar-refractivity contribution in [3.8, 4) is 11.5 Å². The van der Waals surface area contributed by atoms with Gasteiger partial charge in [0.2, 0.25) is 0 Å². The van der Waals surface area contributed by atoms with Crippen LogP contribution in [0.5, 0.6) is 0 Å². The van der Waals surface area contributed by atoms with E-state index >= 15 is 0 Å². The van der Waals surface area contributed by atoms with Crippen molar-refractivity contribution in [3.05, 3.63) is 29.7 Å². The molecule has 2 aromatic rings. The van der Waals surface area contributed by atoms with Crippen LogP contribution in [-0.2, 0) is 16.1 Å². The number of aromatic nitrogens is 2. The molecular weight excluding hydrogens is 343 g/mol. The van der Waals surface area contributed by atoms with Gasteiger partial charge in [-0.1, -0.05) is 0 Å². The summed E-state index contributed by atoms with van der Waals surface area (Å²) in [4.78, 5) is 11.3. The molecule has 0 unspecified atom stereocenters. The van der Waals surface area contributed by atoms with Crippen LogP contribution in [0, 0.1) is 6.92 Å². The number of carboxylic acid groups (broad SMARTS) is 1. The van der Waals surface area contributed by atoms with Crippen LogP contribution >= 0.6 is 0 Å². The number of hydrogen-bond acceptors (Lipinski definition) is 5. The third kappa shape index (κ3) is 5.91. The Balaban J connectivity index is 0.000000277. The summed E-state index contributed by atoms with van der Waals surface area (Å²) >= 11 is 0. The highest BCUT2D eigenvalue weighted by molar-refractivity contribution is 5.73. The number of nitrogens with one attached hydrogen (secondary N) is 1. The van der Waals surface area contributed by atoms with E-state index in [0.29, 0.717) is 0 Å². The first-order chi connectivity index (χ1) is 11.8. The van der Waals surface area contributed by atoms with Gasteiger partial charge in [0.05, 0.1) is 13.2 Å². The smallest absolute Gasteiger partial charge is 0.475 e. The molecule has 3 heterocycles. The number of aromatic amines is 1. The maximum Gasteiger partial charge on any atom is 0.490 e. The van der Waals surface area contributed by atoms with Crippen molar-refractivity contribution in [2.24, 2.45) is 0 Å². The monoisotopic (exact) mass is 361 g/mol. The molecule has 1 saturated heterocycles. The number of hydrogen-bond donors (Lipinski definition) is 2. The lowest BCUT2D eigenvalue weighted by molar-refractivity contribution is -0.192. The highest BCUT2D eigenvalue weighted by Gasteiger charge is 2.38. The number of aliphatic carboxylic acids is 1. The molecule has 3 rings (SSSR count). The molecule has 1 fully saturated rings. The Morgan fingerprint density at radius 3 is 2.52 bits per heavy atom. The molecule has 0 aliphatic carbocycles. The number of halogens is 3. The van der Waals surface area contributed by atoms with Crippen molar-refractivity contribution in [3.63, 3.8) is 0 Å². The Morgan fingerprint density at radius 2 is 2.00 bits per heavy atom. The van der Waals surface area contributed by atoms with Gasteiger partial charge in [0.25, 0.3) is 0 Å². The molecule has 0 atom stereocenters. The van der Waals surface area contributed by atoms with Crippen LogP contribution in [0.2, 0.25) is 0 Å². The molecule has 25 heavy (non-hydrogen) atoms. The molecule has 1 aliphatic rings. The second-order valence-electron chi connectivity index (χ2n) is 5.38. The molecule has 0 spiro atoms. The summed E-state index contributed by atoms with van der Waals surface area (Å²) in [6.45, 7) is 6.42. The van der Waals surface area contributed by atoms with Crippen molar-refractivity contribution in [1.29, 1.82) is 0 Å². The van der Waals surface area contributed by atoms with E-state index in [1.807, 2.05) is 25.1 Å². The van der Waals surface area contributed by atoms with Gasteiger partial charge in [-0.05, 0) is 25.1 Å². The Morgan fingerprint density at radius 1 is 1.36 bits per heavy atom. The highest BCUT2D eigenvalue weighted by Crippen LogP contribution is 2.20. The topological polar surface area (TPSA) is 91.6 Å². The van der Waals surface area contributed by atoms with E-state index in [1.54, 1.807) is 0 Å². The van der Waals surface area contributed by atoms with Crippen molar-refractivity contribution < 1.29 is 32.2 Å². The minimum atomic E-state index is -5.08. The van der Waals surface area contributed by atoms with Crippen molar-refractivity contribution >= 4 is 5.97 Å². The summed E-state index contributed by atoms with van der Waals surface area (Å²) in [7, 11) is 0. The van der Waals surface area contributed by atoms with E-state index in [-0.39, 0.29) is 0 Å². The lowest BCUT2D eigenvalue weighted by Gasteiger charge is -2.25. The number of ether oxygens (including phenoxy) is 1. The van der Waals surface area contributed by atoms with Gasteiger partial charge in [0.15, 0.2) is 5.76 Å². The van der Waals surface area contributed by atoms with Gasteiger partial charge >= 0.3 is 12.1 Å². The molecule has 0 aromatic carbocycles. The Kier molecular flexibility index (Phi) is 6.21. The van der Waals surface area contributed by atoms with Gasteiger partial charge in [-0.25, -0.2) is 4.79 Å². The van der Waals surface area contributed by atoms with Crippen LogP contribution in [0.1, 0.15) is 11.5 Å². The number of H-pyrrole nitrogens is 1. The van der Waals surface area contributed by atoms with E-state index in [4.69, 9.17) is 19.1 Å². The molecule has 10 heteroatoms. The second kappa shape index (κ2) is 8.17. The van der Waals surface area contributed by atoms with Crippen molar-refractivity contribution in [2.45, 2.75) is 19.6 Å². The average molecular weight is 361 g/mol. The SMILES string of the molecule is Cc1ccc(-c2cc(CN3CCOCC3)[nH]n2)o1.O=C(O)C(F)(F)F. The molecule has 7 nitrogen and oxygen atoms in total. The van der Waals surface area contributed by atoms with Crippen molar-refractivity contribution in [2.75, 3.05) is 26.3 Å². The summed E-state index contributed by atoms with van der Waals surface area (Å²) in [5.74, 6) is -1.03. The van der Waals surface area contributed by atoms with Crippen LogP contribution in [0.15, 0.2) is 22.6 Å². The molecule has 0 bridgehead atoms. The zero-order chi connectivity index (χ0) is 18.4. The third-order valence-electron chi connectivity index (χ3n) is 3.36. The number of rotatable bonds is 3. The van der Waals surface area contributed by atoms with E-state index < -0.39 is 12.1 Å². The standard InChI is InChI=1S/C13H17N3O2.C2HF3O2/c1-10-2-3-13(18-10)12-8-11(14-15-12)9-16-4-6-17-7-5-16;3-2(4,5)1(6)7/h2-3,8H,4-7,9H2,1H3,(H,14,15);(H,6,7). The van der Waals surface area contributed by atoms with Crippen LogP contribution in [-0.4, -0.2) is 58.7 Å². The van der Waals surface area contributed by atoms with E-state index in [1.165, 1.54) is 0 Å². The minimum absolute atomic E-state index is 0.817. The van der Waals surface area contributed by atoms with E-state index in [0.717, 1.165) is 55.8 Å². The first kappa shape index (κ1) is 19.0. The number of nitrogens with zero attached hydrogens (tertiary/aromatic N) is 2. The summed E-state index contributed by atoms with van der Waals surface area (Å²) in [5.41, 5.74) is 1.98. The first-order valence-corrected chi connectivity index (χ1v) is 7.47. The fourth-order valence-corrected chi connectivity index (χ4v) is 2.14. The van der Waals surface area contributed by atoms with Gasteiger partial charge in [-0.3, -0.25) is 10.00 Å². The van der Waals surface area contributed by atoms with Gasteiger partial charge in [0.1, 0.15) is 11.5 Å². The predicted octanol–water partition coefficient (Wildman–Crippen LogP) is 2.44. The number of alkyl halides is 3.